The maximum absolute atomic E-state index is 12.3. The maximum Gasteiger partial charge on any atom is 0.271 e. The van der Waals surface area contributed by atoms with Crippen molar-refractivity contribution in [2.24, 2.45) is 0 Å². The Hall–Kier alpha value is -1.84. The van der Waals surface area contributed by atoms with Gasteiger partial charge >= 0.3 is 0 Å². The van der Waals surface area contributed by atoms with Crippen LogP contribution in [0, 0.1) is 18.3 Å². The highest BCUT2D eigenvalue weighted by atomic mass is 16.3. The van der Waals surface area contributed by atoms with Gasteiger partial charge in [-0.15, -0.1) is 0 Å². The topological polar surface area (TPSA) is 90.7 Å². The molecule has 1 aromatic rings. The van der Waals surface area contributed by atoms with Crippen LogP contribution in [-0.4, -0.2) is 34.5 Å². The van der Waals surface area contributed by atoms with Crippen LogP contribution in [0.4, 0.5) is 0 Å². The maximum atomic E-state index is 12.3. The Bertz CT molecular complexity index is 625. The van der Waals surface area contributed by atoms with Gasteiger partial charge in [0, 0.05) is 13.2 Å². The highest BCUT2D eigenvalue weighted by Crippen LogP contribution is 2.21. The summed E-state index contributed by atoms with van der Waals surface area (Å²) in [6.45, 7) is 4.63. The standard InChI is InChI=1S/C16H23N3O3/c1-12-13(10-17)15(21)19(8-5-9-20)16(22)14(12)11-18-6-3-2-4-7-18/h20,22H,2-9,11H2,1H3/p+1. The molecule has 0 radical (unpaired) electrons. The van der Waals surface area contributed by atoms with Crippen molar-refractivity contribution in [1.29, 1.82) is 5.26 Å². The van der Waals surface area contributed by atoms with Crippen LogP contribution in [0.2, 0.25) is 0 Å². The molecule has 0 spiro atoms. The van der Waals surface area contributed by atoms with E-state index in [0.29, 0.717) is 24.1 Å². The predicted octanol–water partition coefficient (Wildman–Crippen LogP) is -0.315. The molecule has 0 amide bonds. The molecule has 0 aliphatic carbocycles. The lowest BCUT2D eigenvalue weighted by Gasteiger charge is -2.25. The lowest BCUT2D eigenvalue weighted by molar-refractivity contribution is -0.918. The van der Waals surface area contributed by atoms with Gasteiger partial charge in [-0.25, -0.2) is 0 Å². The zero-order valence-corrected chi connectivity index (χ0v) is 13.1. The second-order valence-corrected chi connectivity index (χ2v) is 5.94. The van der Waals surface area contributed by atoms with Gasteiger partial charge in [0.25, 0.3) is 5.56 Å². The Morgan fingerprint density at radius 1 is 1.32 bits per heavy atom. The summed E-state index contributed by atoms with van der Waals surface area (Å²) in [5.74, 6) is -0.0481. The highest BCUT2D eigenvalue weighted by molar-refractivity contribution is 5.44. The molecule has 0 unspecified atom stereocenters. The third-order valence-corrected chi connectivity index (χ3v) is 4.45. The van der Waals surface area contributed by atoms with E-state index in [1.54, 1.807) is 6.92 Å². The number of quaternary nitrogens is 1. The molecular weight excluding hydrogens is 282 g/mol. The van der Waals surface area contributed by atoms with Crippen molar-refractivity contribution >= 4 is 0 Å². The number of nitriles is 1. The summed E-state index contributed by atoms with van der Waals surface area (Å²) in [6.07, 6.45) is 3.96. The predicted molar refractivity (Wildman–Crippen MR) is 81.8 cm³/mol. The van der Waals surface area contributed by atoms with Gasteiger partial charge < -0.3 is 15.1 Å². The molecule has 6 heteroatoms. The minimum Gasteiger partial charge on any atom is -0.494 e. The second-order valence-electron chi connectivity index (χ2n) is 5.94. The van der Waals surface area contributed by atoms with Gasteiger partial charge in [-0.3, -0.25) is 9.36 Å². The lowest BCUT2D eigenvalue weighted by atomic mass is 10.0. The fourth-order valence-corrected chi connectivity index (χ4v) is 3.13. The molecule has 6 nitrogen and oxygen atoms in total. The molecule has 22 heavy (non-hydrogen) atoms. The molecule has 2 heterocycles. The Kier molecular flexibility index (Phi) is 5.58. The van der Waals surface area contributed by atoms with Crippen LogP contribution in [0.15, 0.2) is 4.79 Å². The van der Waals surface area contributed by atoms with Crippen LogP contribution >= 0.6 is 0 Å². The zero-order chi connectivity index (χ0) is 16.1. The van der Waals surface area contributed by atoms with Gasteiger partial charge in [-0.2, -0.15) is 5.26 Å². The molecule has 1 aromatic heterocycles. The minimum absolute atomic E-state index is 0.0481. The summed E-state index contributed by atoms with van der Waals surface area (Å²) in [5, 5.41) is 28.7. The Balaban J connectivity index is 2.42. The normalized spacial score (nSPS) is 15.7. The number of aromatic nitrogens is 1. The van der Waals surface area contributed by atoms with Crippen molar-refractivity contribution in [3.63, 3.8) is 0 Å². The van der Waals surface area contributed by atoms with E-state index in [1.165, 1.54) is 28.7 Å². The number of likely N-dealkylation sites (tertiary alicyclic amines) is 1. The number of rotatable bonds is 5. The van der Waals surface area contributed by atoms with Crippen molar-refractivity contribution in [3.8, 4) is 11.9 Å². The number of piperidine rings is 1. The van der Waals surface area contributed by atoms with E-state index in [9.17, 15) is 15.2 Å². The molecule has 1 fully saturated rings. The average molecular weight is 306 g/mol. The van der Waals surface area contributed by atoms with Crippen molar-refractivity contribution in [2.45, 2.75) is 45.7 Å². The van der Waals surface area contributed by atoms with E-state index in [1.807, 2.05) is 6.07 Å². The van der Waals surface area contributed by atoms with Crippen LogP contribution in [0.3, 0.4) is 0 Å². The van der Waals surface area contributed by atoms with E-state index in [0.717, 1.165) is 13.1 Å². The van der Waals surface area contributed by atoms with Gasteiger partial charge in [0.1, 0.15) is 18.2 Å². The van der Waals surface area contributed by atoms with Gasteiger partial charge in [0.2, 0.25) is 5.88 Å². The number of hydrogen-bond acceptors (Lipinski definition) is 4. The molecule has 120 valence electrons. The largest absolute Gasteiger partial charge is 0.494 e. The number of pyridine rings is 1. The summed E-state index contributed by atoms with van der Waals surface area (Å²) in [5.41, 5.74) is 0.903. The monoisotopic (exact) mass is 306 g/mol. The van der Waals surface area contributed by atoms with Crippen LogP contribution in [0.1, 0.15) is 42.4 Å². The lowest BCUT2D eigenvalue weighted by Crippen LogP contribution is -3.11. The third-order valence-electron chi connectivity index (χ3n) is 4.45. The van der Waals surface area contributed by atoms with Gasteiger partial charge in [0.15, 0.2) is 0 Å². The average Bonchev–Trinajstić information content (AvgIpc) is 2.53. The summed E-state index contributed by atoms with van der Waals surface area (Å²) in [4.78, 5) is 13.7. The van der Waals surface area contributed by atoms with E-state index < -0.39 is 5.56 Å². The molecule has 3 N–H and O–H groups in total. The van der Waals surface area contributed by atoms with Crippen molar-refractivity contribution in [1.82, 2.24) is 4.57 Å². The third kappa shape index (κ3) is 3.32. The minimum atomic E-state index is -0.469. The van der Waals surface area contributed by atoms with E-state index in [-0.39, 0.29) is 24.6 Å². The van der Waals surface area contributed by atoms with Crippen LogP contribution in [0.25, 0.3) is 0 Å². The first-order valence-corrected chi connectivity index (χ1v) is 7.90. The van der Waals surface area contributed by atoms with Crippen molar-refractivity contribution in [2.75, 3.05) is 19.7 Å². The Morgan fingerprint density at radius 3 is 2.59 bits per heavy atom. The summed E-state index contributed by atoms with van der Waals surface area (Å²) >= 11 is 0. The molecular formula is C16H24N3O3+. The molecule has 0 atom stereocenters. The summed E-state index contributed by atoms with van der Waals surface area (Å²) < 4.78 is 1.22. The van der Waals surface area contributed by atoms with E-state index in [2.05, 4.69) is 0 Å². The van der Waals surface area contributed by atoms with E-state index >= 15 is 0 Å². The van der Waals surface area contributed by atoms with Gasteiger partial charge in [0.05, 0.1) is 18.7 Å². The van der Waals surface area contributed by atoms with Crippen LogP contribution < -0.4 is 10.5 Å². The molecule has 1 saturated heterocycles. The van der Waals surface area contributed by atoms with Crippen LogP contribution in [-0.2, 0) is 13.1 Å². The Labute approximate surface area is 130 Å². The number of aromatic hydroxyl groups is 1. The fraction of sp³-hybridized carbons (Fsp3) is 0.625. The first-order valence-electron chi connectivity index (χ1n) is 7.90. The quantitative estimate of drug-likeness (QED) is 0.696. The second kappa shape index (κ2) is 7.43. The molecule has 0 bridgehead atoms. The number of nitrogens with one attached hydrogen (secondary N) is 1. The zero-order valence-electron chi connectivity index (χ0n) is 13.1. The molecule has 1 aliphatic rings. The fourth-order valence-electron chi connectivity index (χ4n) is 3.13. The molecule has 0 aromatic carbocycles. The van der Waals surface area contributed by atoms with E-state index in [4.69, 9.17) is 5.11 Å². The molecule has 1 aliphatic heterocycles. The van der Waals surface area contributed by atoms with Crippen molar-refractivity contribution < 1.29 is 15.1 Å². The number of aliphatic hydroxyl groups is 1. The first-order chi connectivity index (χ1) is 10.6. The van der Waals surface area contributed by atoms with Crippen molar-refractivity contribution in [3.05, 3.63) is 27.0 Å². The Morgan fingerprint density at radius 2 is 2.00 bits per heavy atom. The number of aliphatic hydroxyl groups excluding tert-OH is 1. The molecule has 2 rings (SSSR count). The summed E-state index contributed by atoms with van der Waals surface area (Å²) in [7, 11) is 0. The van der Waals surface area contributed by atoms with Gasteiger partial charge in [-0.1, -0.05) is 0 Å². The number of hydrogen-bond donors (Lipinski definition) is 3. The number of nitrogens with zero attached hydrogens (tertiary/aromatic N) is 2. The first kappa shape index (κ1) is 16.5. The van der Waals surface area contributed by atoms with Crippen LogP contribution in [0.5, 0.6) is 5.88 Å². The molecule has 0 saturated carbocycles. The van der Waals surface area contributed by atoms with Gasteiger partial charge in [-0.05, 0) is 38.2 Å². The smallest absolute Gasteiger partial charge is 0.271 e. The highest BCUT2D eigenvalue weighted by Gasteiger charge is 2.23. The SMILES string of the molecule is Cc1c(C[NH+]2CCCCC2)c(O)n(CCCO)c(=O)c1C#N. The summed E-state index contributed by atoms with van der Waals surface area (Å²) in [6, 6.07) is 1.97.